The van der Waals surface area contributed by atoms with Gasteiger partial charge >= 0.3 is 0 Å². The smallest absolute Gasteiger partial charge is 0.179 e. The van der Waals surface area contributed by atoms with Crippen LogP contribution in [-0.2, 0) is 0 Å². The van der Waals surface area contributed by atoms with Gasteiger partial charge in [0.2, 0.25) is 0 Å². The van der Waals surface area contributed by atoms with Gasteiger partial charge in [-0.15, -0.1) is 12.4 Å². The fourth-order valence-corrected chi connectivity index (χ4v) is 5.90. The molecule has 1 unspecified atom stereocenters. The molecule has 3 aromatic rings. The first-order valence-electron chi connectivity index (χ1n) is 14.5. The lowest BCUT2D eigenvalue weighted by atomic mass is 9.96. The zero-order valence-corrected chi connectivity index (χ0v) is 25.6. The molecule has 0 aliphatic carbocycles. The van der Waals surface area contributed by atoms with Crippen molar-refractivity contribution in [2.45, 2.75) is 104 Å². The second-order valence-corrected chi connectivity index (χ2v) is 11.3. The molecule has 0 spiro atoms. The van der Waals surface area contributed by atoms with Crippen LogP contribution in [0.25, 0.3) is 21.5 Å². The minimum Gasteiger partial charge on any atom is -0.294 e. The van der Waals surface area contributed by atoms with Crippen LogP contribution in [0.2, 0.25) is 0 Å². The summed E-state index contributed by atoms with van der Waals surface area (Å²) in [4.78, 5) is 16.2. The van der Waals surface area contributed by atoms with Crippen molar-refractivity contribution in [1.82, 2.24) is 4.90 Å². The molecule has 204 valence electrons. The van der Waals surface area contributed by atoms with Crippen LogP contribution < -0.4 is 0 Å². The third-order valence-electron chi connectivity index (χ3n) is 7.62. The summed E-state index contributed by atoms with van der Waals surface area (Å²) >= 11 is 3.72. The quantitative estimate of drug-likeness (QED) is 0.0888. The Morgan fingerprint density at radius 3 is 1.86 bits per heavy atom. The average molecular weight is 589 g/mol. The fraction of sp³-hybridized carbons (Fsp3) is 0.545. The molecule has 1 atom stereocenters. The molecule has 0 heterocycles. The van der Waals surface area contributed by atoms with Crippen LogP contribution in [0, 0.1) is 0 Å². The summed E-state index contributed by atoms with van der Waals surface area (Å²) in [6.07, 6.45) is 15.5. The molecule has 0 saturated carbocycles. The summed E-state index contributed by atoms with van der Waals surface area (Å²) < 4.78 is 1.10. The zero-order chi connectivity index (χ0) is 25.8. The minimum absolute atomic E-state index is 0. The summed E-state index contributed by atoms with van der Waals surface area (Å²) in [5, 5.41) is 4.71. The van der Waals surface area contributed by atoms with E-state index in [9.17, 15) is 4.79 Å². The van der Waals surface area contributed by atoms with Gasteiger partial charge in [0.15, 0.2) is 5.78 Å². The highest BCUT2D eigenvalue weighted by Gasteiger charge is 2.22. The largest absolute Gasteiger partial charge is 0.294 e. The number of rotatable bonds is 17. The molecule has 0 fully saturated rings. The molecule has 3 aromatic carbocycles. The van der Waals surface area contributed by atoms with Gasteiger partial charge in [0.25, 0.3) is 0 Å². The number of nitrogens with zero attached hydrogens (tertiary/aromatic N) is 1. The second kappa shape index (κ2) is 17.2. The number of hydrogen-bond acceptors (Lipinski definition) is 2. The summed E-state index contributed by atoms with van der Waals surface area (Å²) in [5.41, 5.74) is 0.832. The summed E-state index contributed by atoms with van der Waals surface area (Å²) in [6.45, 7) is 8.71. The highest BCUT2D eigenvalue weighted by molar-refractivity contribution is 9.10. The van der Waals surface area contributed by atoms with Crippen LogP contribution in [0.15, 0.2) is 53.0 Å². The lowest BCUT2D eigenvalue weighted by molar-refractivity contribution is 0.0832. The Balaban J connectivity index is 0.00000481. The standard InChI is InChI=1S/C33H46BrNO.ClH/c1-4-6-8-10-12-16-22-35(23-17-13-11-9-7-5-2)26(3)33(36)28-21-20-27-25-32(34)30-19-15-14-18-29(30)31(27)24-28;/h14-15,18-21,24-26H,4-13,16-17,22-23H2,1-3H3;1H. The molecule has 37 heavy (non-hydrogen) atoms. The van der Waals surface area contributed by atoms with Crippen molar-refractivity contribution in [1.29, 1.82) is 0 Å². The molecule has 0 aliphatic heterocycles. The summed E-state index contributed by atoms with van der Waals surface area (Å²) in [5.74, 6) is 0.251. The van der Waals surface area contributed by atoms with E-state index < -0.39 is 0 Å². The Hall–Kier alpha value is -1.42. The van der Waals surface area contributed by atoms with Crippen LogP contribution >= 0.6 is 28.3 Å². The number of ketones is 1. The van der Waals surface area contributed by atoms with Gasteiger partial charge in [0.1, 0.15) is 0 Å². The highest BCUT2D eigenvalue weighted by atomic mass is 79.9. The molecular formula is C33H47BrClNO. The first-order chi connectivity index (χ1) is 17.6. The van der Waals surface area contributed by atoms with Crippen molar-refractivity contribution in [2.75, 3.05) is 13.1 Å². The van der Waals surface area contributed by atoms with Crippen LogP contribution in [0.4, 0.5) is 0 Å². The monoisotopic (exact) mass is 587 g/mol. The van der Waals surface area contributed by atoms with E-state index in [1.54, 1.807) is 0 Å². The first kappa shape index (κ1) is 31.8. The molecule has 0 amide bonds. The van der Waals surface area contributed by atoms with Gasteiger partial charge in [-0.2, -0.15) is 0 Å². The van der Waals surface area contributed by atoms with E-state index in [0.717, 1.165) is 28.5 Å². The molecule has 0 aromatic heterocycles. The van der Waals surface area contributed by atoms with E-state index in [1.165, 1.54) is 93.2 Å². The third-order valence-corrected chi connectivity index (χ3v) is 8.28. The number of halogens is 2. The molecule has 0 radical (unpaired) electrons. The topological polar surface area (TPSA) is 20.3 Å². The second-order valence-electron chi connectivity index (χ2n) is 10.5. The van der Waals surface area contributed by atoms with E-state index >= 15 is 0 Å². The molecular weight excluding hydrogens is 542 g/mol. The van der Waals surface area contributed by atoms with Crippen molar-refractivity contribution in [3.8, 4) is 0 Å². The van der Waals surface area contributed by atoms with E-state index in [1.807, 2.05) is 6.07 Å². The Morgan fingerprint density at radius 2 is 1.27 bits per heavy atom. The van der Waals surface area contributed by atoms with Crippen molar-refractivity contribution < 1.29 is 4.79 Å². The predicted molar refractivity (Wildman–Crippen MR) is 169 cm³/mol. The van der Waals surface area contributed by atoms with Gasteiger partial charge in [0.05, 0.1) is 6.04 Å². The summed E-state index contributed by atoms with van der Waals surface area (Å²) in [7, 11) is 0. The number of Topliss-reactive ketones (excluding diaryl/α,β-unsaturated/α-hetero) is 1. The van der Waals surface area contributed by atoms with Gasteiger partial charge in [-0.25, -0.2) is 0 Å². The van der Waals surface area contributed by atoms with Crippen molar-refractivity contribution in [3.05, 3.63) is 58.6 Å². The molecule has 0 N–H and O–H groups in total. The highest BCUT2D eigenvalue weighted by Crippen LogP contribution is 2.32. The van der Waals surface area contributed by atoms with Crippen LogP contribution in [0.3, 0.4) is 0 Å². The number of fused-ring (bicyclic) bond motifs is 3. The maximum Gasteiger partial charge on any atom is 0.179 e. The van der Waals surface area contributed by atoms with Crippen molar-refractivity contribution in [3.63, 3.8) is 0 Å². The minimum atomic E-state index is -0.0875. The van der Waals surface area contributed by atoms with Crippen molar-refractivity contribution in [2.24, 2.45) is 0 Å². The van der Waals surface area contributed by atoms with Gasteiger partial charge in [-0.1, -0.05) is 130 Å². The third kappa shape index (κ3) is 9.37. The van der Waals surface area contributed by atoms with Gasteiger partial charge in [0, 0.05) is 10.0 Å². The number of hydrogen-bond donors (Lipinski definition) is 0. The van der Waals surface area contributed by atoms with E-state index in [4.69, 9.17) is 0 Å². The van der Waals surface area contributed by atoms with Crippen LogP contribution in [0.5, 0.6) is 0 Å². The number of carbonyl (C=O) groups excluding carboxylic acids is 1. The number of benzene rings is 3. The van der Waals surface area contributed by atoms with E-state index in [2.05, 4.69) is 84.1 Å². The van der Waals surface area contributed by atoms with Gasteiger partial charge < -0.3 is 0 Å². The molecule has 3 rings (SSSR count). The molecule has 0 saturated heterocycles. The van der Waals surface area contributed by atoms with E-state index in [0.29, 0.717) is 0 Å². The van der Waals surface area contributed by atoms with Gasteiger partial charge in [-0.3, -0.25) is 9.69 Å². The normalized spacial score (nSPS) is 12.2. The van der Waals surface area contributed by atoms with Gasteiger partial charge in [-0.05, 0) is 66.5 Å². The summed E-state index contributed by atoms with van der Waals surface area (Å²) in [6, 6.07) is 16.8. The zero-order valence-electron chi connectivity index (χ0n) is 23.2. The Kier molecular flexibility index (Phi) is 14.8. The molecule has 0 bridgehead atoms. The van der Waals surface area contributed by atoms with Crippen LogP contribution in [-0.4, -0.2) is 29.8 Å². The maximum atomic E-state index is 13.7. The SMILES string of the molecule is CCCCCCCCN(CCCCCCCC)C(C)C(=O)c1ccc2cc(Br)c3ccccc3c2c1.Cl. The maximum absolute atomic E-state index is 13.7. The number of carbonyl (C=O) groups is 1. The lowest BCUT2D eigenvalue weighted by Crippen LogP contribution is -2.40. The predicted octanol–water partition coefficient (Wildman–Crippen LogP) is 10.8. The Morgan fingerprint density at radius 1 is 0.730 bits per heavy atom. The van der Waals surface area contributed by atoms with E-state index in [-0.39, 0.29) is 24.2 Å². The Labute approximate surface area is 240 Å². The molecule has 4 heteroatoms. The van der Waals surface area contributed by atoms with Crippen LogP contribution in [0.1, 0.15) is 108 Å². The number of unbranched alkanes of at least 4 members (excludes halogenated alkanes) is 10. The fourth-order valence-electron chi connectivity index (χ4n) is 5.31. The first-order valence-corrected chi connectivity index (χ1v) is 15.2. The molecule has 2 nitrogen and oxygen atoms in total. The lowest BCUT2D eigenvalue weighted by Gasteiger charge is -2.28. The van der Waals surface area contributed by atoms with Crippen molar-refractivity contribution >= 4 is 55.7 Å². The Bertz CT molecular complexity index is 1080. The average Bonchev–Trinajstić information content (AvgIpc) is 2.90. The molecule has 0 aliphatic rings.